The van der Waals surface area contributed by atoms with Crippen molar-refractivity contribution in [1.29, 1.82) is 0 Å². The number of fused-ring (bicyclic) bond motifs is 1. The summed E-state index contributed by atoms with van der Waals surface area (Å²) in [6, 6.07) is 16.1. The summed E-state index contributed by atoms with van der Waals surface area (Å²) in [6.07, 6.45) is 2.59. The fourth-order valence-electron chi connectivity index (χ4n) is 5.68. The molecule has 0 radical (unpaired) electrons. The van der Waals surface area contributed by atoms with E-state index in [0.29, 0.717) is 23.9 Å². The van der Waals surface area contributed by atoms with Crippen molar-refractivity contribution in [3.63, 3.8) is 0 Å². The molecule has 5 atom stereocenters. The molecular formula is C28H30N2O5. The van der Waals surface area contributed by atoms with Crippen LogP contribution >= 0.6 is 0 Å². The van der Waals surface area contributed by atoms with E-state index in [4.69, 9.17) is 4.74 Å². The van der Waals surface area contributed by atoms with Gasteiger partial charge in [-0.05, 0) is 61.9 Å². The van der Waals surface area contributed by atoms with Gasteiger partial charge in [0.25, 0.3) is 0 Å². The number of carbonyl (C=O) groups excluding carboxylic acids is 4. The van der Waals surface area contributed by atoms with Crippen molar-refractivity contribution in [2.75, 3.05) is 11.4 Å². The molecule has 2 aliphatic heterocycles. The molecule has 2 aromatic carbocycles. The first kappa shape index (κ1) is 23.3. The Morgan fingerprint density at radius 2 is 1.63 bits per heavy atom. The molecular weight excluding hydrogens is 444 g/mol. The number of anilines is 1. The van der Waals surface area contributed by atoms with Crippen molar-refractivity contribution in [1.82, 2.24) is 4.90 Å². The van der Waals surface area contributed by atoms with Gasteiger partial charge in [0.15, 0.2) is 0 Å². The first-order valence-electron chi connectivity index (χ1n) is 12.4. The van der Waals surface area contributed by atoms with Crippen LogP contribution in [0.4, 0.5) is 5.69 Å². The summed E-state index contributed by atoms with van der Waals surface area (Å²) in [5.41, 5.74) is 1.52. The van der Waals surface area contributed by atoms with Crippen molar-refractivity contribution in [3.8, 4) is 5.75 Å². The Kier molecular flexibility index (Phi) is 6.17. The zero-order valence-electron chi connectivity index (χ0n) is 20.1. The van der Waals surface area contributed by atoms with E-state index in [9.17, 15) is 19.2 Å². The van der Waals surface area contributed by atoms with Gasteiger partial charge in [-0.2, -0.15) is 0 Å². The van der Waals surface area contributed by atoms with Crippen molar-refractivity contribution >= 4 is 29.4 Å². The molecule has 0 aromatic heterocycles. The van der Waals surface area contributed by atoms with Crippen LogP contribution in [0.1, 0.15) is 51.1 Å². The first-order valence-corrected chi connectivity index (χ1v) is 12.4. The van der Waals surface area contributed by atoms with Crippen molar-refractivity contribution in [3.05, 3.63) is 60.2 Å². The number of nitrogens with zero attached hydrogens (tertiary/aromatic N) is 2. The first-order chi connectivity index (χ1) is 16.8. The summed E-state index contributed by atoms with van der Waals surface area (Å²) >= 11 is 0. The van der Waals surface area contributed by atoms with Crippen LogP contribution in [0.2, 0.25) is 0 Å². The van der Waals surface area contributed by atoms with Gasteiger partial charge in [0.2, 0.25) is 17.7 Å². The molecule has 7 nitrogen and oxygen atoms in total. The Labute approximate surface area is 205 Å². The molecule has 2 aromatic rings. The lowest BCUT2D eigenvalue weighted by Gasteiger charge is -2.25. The molecule has 2 heterocycles. The molecule has 182 valence electrons. The maximum atomic E-state index is 12.9. The number of esters is 1. The van der Waals surface area contributed by atoms with E-state index >= 15 is 0 Å². The van der Waals surface area contributed by atoms with Crippen LogP contribution in [-0.4, -0.2) is 35.1 Å². The van der Waals surface area contributed by atoms with E-state index in [0.717, 1.165) is 24.8 Å². The smallest absolute Gasteiger partial charge is 0.316 e. The largest absolute Gasteiger partial charge is 0.426 e. The molecule has 35 heavy (non-hydrogen) atoms. The summed E-state index contributed by atoms with van der Waals surface area (Å²) in [7, 11) is 0. The van der Waals surface area contributed by atoms with Crippen LogP contribution in [0.3, 0.4) is 0 Å². The Bertz CT molecular complexity index is 1150. The standard InChI is InChI=1S/C28H30N2O5/c1-17-8-13-23-24(14-17)27(33)30(26(23)32)21-9-11-22(12-10-21)35-28(34)20-15-25(31)29(16-20)18(2)19-6-4-3-5-7-19/h3-7,9-12,17-18,20,23-24H,8,13-16H2,1-2H3/t17-,18+,20-,23+,24-/m1/s1. The average Bonchev–Trinajstić information content (AvgIpc) is 3.37. The summed E-state index contributed by atoms with van der Waals surface area (Å²) in [5.74, 6) is -1.01. The number of rotatable bonds is 5. The third-order valence-corrected chi connectivity index (χ3v) is 7.74. The Balaban J connectivity index is 1.22. The van der Waals surface area contributed by atoms with E-state index < -0.39 is 11.9 Å². The molecule has 0 unspecified atom stereocenters. The fraction of sp³-hybridized carbons (Fsp3) is 0.429. The average molecular weight is 475 g/mol. The second-order valence-electron chi connectivity index (χ2n) is 10.1. The monoisotopic (exact) mass is 474 g/mol. The molecule has 2 saturated heterocycles. The molecule has 1 aliphatic carbocycles. The highest BCUT2D eigenvalue weighted by molar-refractivity contribution is 6.22. The summed E-state index contributed by atoms with van der Waals surface area (Å²) in [6.45, 7) is 4.39. The maximum absolute atomic E-state index is 12.9. The molecule has 7 heteroatoms. The molecule has 3 fully saturated rings. The minimum absolute atomic E-state index is 0.0690. The highest BCUT2D eigenvalue weighted by atomic mass is 16.5. The number of ether oxygens (including phenoxy) is 1. The van der Waals surface area contributed by atoms with Gasteiger partial charge in [0.05, 0.1) is 29.5 Å². The van der Waals surface area contributed by atoms with Gasteiger partial charge in [-0.1, -0.05) is 37.3 Å². The fourth-order valence-corrected chi connectivity index (χ4v) is 5.68. The minimum Gasteiger partial charge on any atom is -0.426 e. The highest BCUT2D eigenvalue weighted by Gasteiger charge is 2.50. The van der Waals surface area contributed by atoms with Crippen LogP contribution < -0.4 is 9.64 Å². The predicted molar refractivity (Wildman–Crippen MR) is 129 cm³/mol. The van der Waals surface area contributed by atoms with Gasteiger partial charge < -0.3 is 9.64 Å². The number of benzene rings is 2. The lowest BCUT2D eigenvalue weighted by Crippen LogP contribution is -2.31. The van der Waals surface area contributed by atoms with Gasteiger partial charge in [-0.3, -0.25) is 24.1 Å². The Morgan fingerprint density at radius 1 is 0.943 bits per heavy atom. The quantitative estimate of drug-likeness (QED) is 0.370. The van der Waals surface area contributed by atoms with E-state index in [1.165, 1.54) is 4.90 Å². The second-order valence-corrected chi connectivity index (χ2v) is 10.1. The van der Waals surface area contributed by atoms with Crippen molar-refractivity contribution in [2.24, 2.45) is 23.7 Å². The number of likely N-dealkylation sites (tertiary alicyclic amines) is 1. The number of amides is 3. The van der Waals surface area contributed by atoms with Gasteiger partial charge in [0.1, 0.15) is 5.75 Å². The summed E-state index contributed by atoms with van der Waals surface area (Å²) < 4.78 is 5.55. The maximum Gasteiger partial charge on any atom is 0.316 e. The van der Waals surface area contributed by atoms with Gasteiger partial charge in [0, 0.05) is 13.0 Å². The zero-order chi connectivity index (χ0) is 24.7. The van der Waals surface area contributed by atoms with E-state index in [-0.39, 0.29) is 42.0 Å². The molecule has 1 saturated carbocycles. The SMILES string of the molecule is C[C@@H]1CC[C@@H]2C(=O)N(c3ccc(OC(=O)[C@@H]4CC(=O)N([C@@H](C)c5ccccc5)C4)cc3)C(=O)[C@@H]2C1. The van der Waals surface area contributed by atoms with Crippen molar-refractivity contribution < 1.29 is 23.9 Å². The zero-order valence-corrected chi connectivity index (χ0v) is 20.1. The van der Waals surface area contributed by atoms with Gasteiger partial charge in [-0.25, -0.2) is 0 Å². The van der Waals surface area contributed by atoms with Crippen LogP contribution in [-0.2, 0) is 19.2 Å². The second kappa shape index (κ2) is 9.29. The molecule has 0 bridgehead atoms. The number of carbonyl (C=O) groups is 4. The van der Waals surface area contributed by atoms with E-state index in [1.54, 1.807) is 29.2 Å². The van der Waals surface area contributed by atoms with Crippen LogP contribution in [0.15, 0.2) is 54.6 Å². The van der Waals surface area contributed by atoms with Crippen molar-refractivity contribution in [2.45, 2.75) is 45.6 Å². The minimum atomic E-state index is -0.541. The lowest BCUT2D eigenvalue weighted by molar-refractivity contribution is -0.139. The van der Waals surface area contributed by atoms with E-state index in [1.807, 2.05) is 37.3 Å². The molecule has 0 spiro atoms. The van der Waals surface area contributed by atoms with Gasteiger partial charge >= 0.3 is 5.97 Å². The van der Waals surface area contributed by atoms with Crippen LogP contribution in [0, 0.1) is 23.7 Å². The summed E-state index contributed by atoms with van der Waals surface area (Å²) in [5, 5.41) is 0. The number of hydrogen-bond donors (Lipinski definition) is 0. The van der Waals surface area contributed by atoms with E-state index in [2.05, 4.69) is 6.92 Å². The van der Waals surface area contributed by atoms with Crippen LogP contribution in [0.5, 0.6) is 5.75 Å². The normalized spacial score (nSPS) is 27.2. The topological polar surface area (TPSA) is 84.0 Å². The molecule has 3 aliphatic rings. The molecule has 5 rings (SSSR count). The van der Waals surface area contributed by atoms with Crippen LogP contribution in [0.25, 0.3) is 0 Å². The molecule has 0 N–H and O–H groups in total. The Hall–Kier alpha value is -3.48. The predicted octanol–water partition coefficient (Wildman–Crippen LogP) is 4.13. The number of imide groups is 1. The highest BCUT2D eigenvalue weighted by Crippen LogP contribution is 2.42. The third kappa shape index (κ3) is 4.35. The molecule has 3 amide bonds. The number of hydrogen-bond acceptors (Lipinski definition) is 5. The van der Waals surface area contributed by atoms with Gasteiger partial charge in [-0.15, -0.1) is 0 Å². The summed E-state index contributed by atoms with van der Waals surface area (Å²) in [4.78, 5) is 54.2. The third-order valence-electron chi connectivity index (χ3n) is 7.74. The Morgan fingerprint density at radius 3 is 2.34 bits per heavy atom. The lowest BCUT2D eigenvalue weighted by atomic mass is 9.76.